The number of nitrogens with one attached hydrogen (secondary N) is 1. The van der Waals surface area contributed by atoms with Crippen molar-refractivity contribution < 1.29 is 13.2 Å². The minimum absolute atomic E-state index is 0.120. The number of pyridine rings is 1. The predicted molar refractivity (Wildman–Crippen MR) is 80.4 cm³/mol. The second-order valence-corrected chi connectivity index (χ2v) is 6.38. The molecule has 2 aromatic rings. The average Bonchev–Trinajstić information content (AvgIpc) is 2.42. The number of hydrogen-bond donors (Lipinski definition) is 1. The van der Waals surface area contributed by atoms with Crippen LogP contribution in [-0.2, 0) is 10.0 Å². The van der Waals surface area contributed by atoms with E-state index < -0.39 is 10.0 Å². The summed E-state index contributed by atoms with van der Waals surface area (Å²) in [7, 11) is -3.68. The zero-order valence-electron chi connectivity index (χ0n) is 10.7. The Balaban J connectivity index is 2.32. The van der Waals surface area contributed by atoms with Crippen LogP contribution in [0.3, 0.4) is 0 Å². The average molecular weight is 357 g/mol. The number of aromatic nitrogens is 1. The van der Waals surface area contributed by atoms with Crippen molar-refractivity contribution >= 4 is 31.8 Å². The molecule has 0 amide bonds. The predicted octanol–water partition coefficient (Wildman–Crippen LogP) is 3.04. The molecule has 0 aliphatic rings. The lowest BCUT2D eigenvalue weighted by Crippen LogP contribution is -2.14. The quantitative estimate of drug-likeness (QED) is 0.893. The fourth-order valence-electron chi connectivity index (χ4n) is 1.54. The van der Waals surface area contributed by atoms with Gasteiger partial charge < -0.3 is 4.74 Å². The normalized spacial score (nSPS) is 11.1. The fraction of sp³-hybridized carbons (Fsp3) is 0.154. The van der Waals surface area contributed by atoms with E-state index in [0.717, 1.165) is 0 Å². The van der Waals surface area contributed by atoms with Gasteiger partial charge in [-0.1, -0.05) is 6.07 Å². The molecule has 0 bridgehead atoms. The Labute approximate surface area is 126 Å². The molecule has 0 saturated heterocycles. The van der Waals surface area contributed by atoms with E-state index in [1.165, 1.54) is 18.3 Å². The van der Waals surface area contributed by atoms with E-state index in [2.05, 4.69) is 25.6 Å². The lowest BCUT2D eigenvalue weighted by molar-refractivity contribution is 0.337. The van der Waals surface area contributed by atoms with E-state index in [9.17, 15) is 8.42 Å². The number of sulfonamides is 1. The van der Waals surface area contributed by atoms with Crippen molar-refractivity contribution in [3.63, 3.8) is 0 Å². The number of ether oxygens (including phenoxy) is 1. The molecular weight excluding hydrogens is 344 g/mol. The third-order valence-corrected chi connectivity index (χ3v) is 4.42. The van der Waals surface area contributed by atoms with Gasteiger partial charge in [0.05, 0.1) is 16.0 Å². The second-order valence-electron chi connectivity index (χ2n) is 3.85. The molecule has 1 heterocycles. The van der Waals surface area contributed by atoms with Crippen molar-refractivity contribution in [1.29, 1.82) is 0 Å². The highest BCUT2D eigenvalue weighted by Gasteiger charge is 2.16. The van der Waals surface area contributed by atoms with Gasteiger partial charge in [-0.05, 0) is 47.1 Å². The Morgan fingerprint density at radius 1 is 1.30 bits per heavy atom. The fourth-order valence-corrected chi connectivity index (χ4v) is 2.92. The molecule has 2 rings (SSSR count). The van der Waals surface area contributed by atoms with Gasteiger partial charge in [-0.3, -0.25) is 4.72 Å². The monoisotopic (exact) mass is 356 g/mol. The lowest BCUT2D eigenvalue weighted by atomic mass is 10.3. The third kappa shape index (κ3) is 3.49. The van der Waals surface area contributed by atoms with Crippen LogP contribution in [0.2, 0.25) is 0 Å². The summed E-state index contributed by atoms with van der Waals surface area (Å²) in [6, 6.07) is 9.61. The summed E-state index contributed by atoms with van der Waals surface area (Å²) >= 11 is 3.31. The van der Waals surface area contributed by atoms with Crippen molar-refractivity contribution in [2.75, 3.05) is 11.3 Å². The van der Waals surface area contributed by atoms with Crippen LogP contribution in [0.5, 0.6) is 5.75 Å². The number of rotatable bonds is 5. The molecule has 0 fully saturated rings. The molecule has 0 aliphatic carbocycles. The minimum atomic E-state index is -3.68. The maximum atomic E-state index is 12.2. The molecule has 0 spiro atoms. The molecule has 106 valence electrons. The van der Waals surface area contributed by atoms with Gasteiger partial charge in [0, 0.05) is 12.3 Å². The first-order valence-electron chi connectivity index (χ1n) is 5.89. The summed E-state index contributed by atoms with van der Waals surface area (Å²) in [5, 5.41) is 0. The summed E-state index contributed by atoms with van der Waals surface area (Å²) in [5.74, 6) is 0.754. The third-order valence-electron chi connectivity index (χ3n) is 2.42. The maximum absolute atomic E-state index is 12.2. The van der Waals surface area contributed by atoms with Gasteiger partial charge in [-0.15, -0.1) is 0 Å². The van der Waals surface area contributed by atoms with Crippen LogP contribution >= 0.6 is 15.9 Å². The summed E-state index contributed by atoms with van der Waals surface area (Å²) in [4.78, 5) is 4.06. The highest BCUT2D eigenvalue weighted by Crippen LogP contribution is 2.28. The Morgan fingerprint density at radius 3 is 2.75 bits per heavy atom. The van der Waals surface area contributed by atoms with Gasteiger partial charge in [-0.2, -0.15) is 0 Å². The molecule has 0 aliphatic heterocycles. The van der Waals surface area contributed by atoms with Crippen LogP contribution in [0.1, 0.15) is 6.92 Å². The SMILES string of the molecule is CCOc1cc(S(=O)(=O)Nc2ccccn2)ccc1Br. The van der Waals surface area contributed by atoms with Gasteiger partial charge in [0.1, 0.15) is 11.6 Å². The summed E-state index contributed by atoms with van der Waals surface area (Å²) in [6.07, 6.45) is 1.52. The van der Waals surface area contributed by atoms with Crippen molar-refractivity contribution in [3.05, 3.63) is 47.1 Å². The lowest BCUT2D eigenvalue weighted by Gasteiger charge is -2.10. The van der Waals surface area contributed by atoms with Gasteiger partial charge in [-0.25, -0.2) is 13.4 Å². The zero-order chi connectivity index (χ0) is 14.6. The van der Waals surface area contributed by atoms with Crippen LogP contribution in [-0.4, -0.2) is 20.0 Å². The highest BCUT2D eigenvalue weighted by atomic mass is 79.9. The van der Waals surface area contributed by atoms with Gasteiger partial charge in [0.2, 0.25) is 0 Å². The van der Waals surface area contributed by atoms with Gasteiger partial charge in [0.25, 0.3) is 10.0 Å². The first-order valence-corrected chi connectivity index (χ1v) is 8.17. The molecule has 0 saturated carbocycles. The zero-order valence-corrected chi connectivity index (χ0v) is 13.1. The highest BCUT2D eigenvalue weighted by molar-refractivity contribution is 9.10. The van der Waals surface area contributed by atoms with Crippen molar-refractivity contribution in [3.8, 4) is 5.75 Å². The Morgan fingerprint density at radius 2 is 2.10 bits per heavy atom. The van der Waals surface area contributed by atoms with E-state index >= 15 is 0 Å². The number of anilines is 1. The molecule has 5 nitrogen and oxygen atoms in total. The second kappa shape index (κ2) is 6.23. The molecular formula is C13H13BrN2O3S. The van der Waals surface area contributed by atoms with Crippen LogP contribution in [0, 0.1) is 0 Å². The molecule has 1 aromatic carbocycles. The van der Waals surface area contributed by atoms with E-state index in [1.807, 2.05) is 6.92 Å². The molecule has 1 N–H and O–H groups in total. The Hall–Kier alpha value is -1.60. The van der Waals surface area contributed by atoms with E-state index in [-0.39, 0.29) is 10.7 Å². The van der Waals surface area contributed by atoms with Crippen molar-refractivity contribution in [1.82, 2.24) is 4.98 Å². The largest absolute Gasteiger partial charge is 0.493 e. The Bertz CT molecular complexity index is 690. The number of halogens is 1. The van der Waals surface area contributed by atoms with Crippen LogP contribution < -0.4 is 9.46 Å². The minimum Gasteiger partial charge on any atom is -0.493 e. The Kier molecular flexibility index (Phi) is 4.61. The van der Waals surface area contributed by atoms with Gasteiger partial charge >= 0.3 is 0 Å². The van der Waals surface area contributed by atoms with Crippen molar-refractivity contribution in [2.24, 2.45) is 0 Å². The standard InChI is InChI=1S/C13H13BrN2O3S/c1-2-19-12-9-10(6-7-11(12)14)20(17,18)16-13-5-3-4-8-15-13/h3-9H,2H2,1H3,(H,15,16). The smallest absolute Gasteiger partial charge is 0.263 e. The van der Waals surface area contributed by atoms with Gasteiger partial charge in [0.15, 0.2) is 0 Å². The molecule has 7 heteroatoms. The van der Waals surface area contributed by atoms with Crippen molar-refractivity contribution in [2.45, 2.75) is 11.8 Å². The summed E-state index contributed by atoms with van der Waals surface area (Å²) in [6.45, 7) is 2.29. The first kappa shape index (κ1) is 14.8. The van der Waals surface area contributed by atoms with E-state index in [1.54, 1.807) is 24.3 Å². The number of nitrogens with zero attached hydrogens (tertiary/aromatic N) is 1. The molecule has 0 unspecified atom stereocenters. The molecule has 0 atom stereocenters. The van der Waals surface area contributed by atoms with Crippen LogP contribution in [0.15, 0.2) is 52.0 Å². The van der Waals surface area contributed by atoms with E-state index in [4.69, 9.17) is 4.74 Å². The molecule has 1 aromatic heterocycles. The van der Waals surface area contributed by atoms with E-state index in [0.29, 0.717) is 16.8 Å². The maximum Gasteiger partial charge on any atom is 0.263 e. The molecule has 0 radical (unpaired) electrons. The topological polar surface area (TPSA) is 68.3 Å². The summed E-state index contributed by atoms with van der Waals surface area (Å²) in [5.41, 5.74) is 0. The van der Waals surface area contributed by atoms with Crippen LogP contribution in [0.4, 0.5) is 5.82 Å². The first-order chi connectivity index (χ1) is 9.53. The summed E-state index contributed by atoms with van der Waals surface area (Å²) < 4.78 is 33.0. The number of benzene rings is 1. The molecule has 20 heavy (non-hydrogen) atoms. The number of hydrogen-bond acceptors (Lipinski definition) is 4. The van der Waals surface area contributed by atoms with Crippen LogP contribution in [0.25, 0.3) is 0 Å².